The molecule has 0 aromatic heterocycles. The normalized spacial score (nSPS) is 10.2. The minimum Gasteiger partial charge on any atom is -0.456 e. The highest BCUT2D eigenvalue weighted by molar-refractivity contribution is 5.98. The Hall–Kier alpha value is -3.48. The molecular weight excluding hydrogens is 372 g/mol. The predicted molar refractivity (Wildman–Crippen MR) is 108 cm³/mol. The number of Topliss-reactive ketones (excluding diaryl/α,β-unsaturated/α-hetero) is 1. The minimum absolute atomic E-state index is 0.276. The number of benzene rings is 2. The van der Waals surface area contributed by atoms with Crippen molar-refractivity contribution in [3.63, 3.8) is 0 Å². The average molecular weight is 396 g/mol. The number of hydrogen-bond acceptors (Lipinski definition) is 5. The van der Waals surface area contributed by atoms with Gasteiger partial charge >= 0.3 is 5.97 Å². The van der Waals surface area contributed by atoms with Gasteiger partial charge < -0.3 is 15.4 Å². The van der Waals surface area contributed by atoms with E-state index in [0.29, 0.717) is 11.1 Å². The van der Waals surface area contributed by atoms with Crippen molar-refractivity contribution in [2.24, 2.45) is 0 Å². The summed E-state index contributed by atoms with van der Waals surface area (Å²) in [6, 6.07) is 12.2. The molecule has 0 aliphatic heterocycles. The number of rotatable bonds is 8. The van der Waals surface area contributed by atoms with Crippen LogP contribution in [0.5, 0.6) is 0 Å². The van der Waals surface area contributed by atoms with E-state index in [0.717, 1.165) is 16.7 Å². The molecule has 0 saturated carbocycles. The highest BCUT2D eigenvalue weighted by Crippen LogP contribution is 2.10. The third kappa shape index (κ3) is 6.88. The molecule has 0 unspecified atom stereocenters. The molecule has 0 fully saturated rings. The lowest BCUT2D eigenvalue weighted by Crippen LogP contribution is -2.39. The molecule has 0 spiro atoms. The molecule has 7 nitrogen and oxygen atoms in total. The number of carbonyl (C=O) groups is 4. The highest BCUT2D eigenvalue weighted by atomic mass is 16.5. The Morgan fingerprint density at radius 3 is 2.10 bits per heavy atom. The summed E-state index contributed by atoms with van der Waals surface area (Å²) in [6.45, 7) is 4.67. The van der Waals surface area contributed by atoms with Crippen molar-refractivity contribution in [3.8, 4) is 0 Å². The van der Waals surface area contributed by atoms with Crippen LogP contribution in [0.2, 0.25) is 0 Å². The van der Waals surface area contributed by atoms with Crippen LogP contribution < -0.4 is 10.6 Å². The molecule has 2 N–H and O–H groups in total. The summed E-state index contributed by atoms with van der Waals surface area (Å²) in [6.07, 6.45) is 0. The van der Waals surface area contributed by atoms with Gasteiger partial charge in [0.1, 0.15) is 6.54 Å². The fraction of sp³-hybridized carbons (Fsp3) is 0.273. The van der Waals surface area contributed by atoms with Crippen LogP contribution in [0.4, 0.5) is 0 Å². The molecule has 0 saturated heterocycles. The summed E-state index contributed by atoms with van der Waals surface area (Å²) in [5.41, 5.74) is 3.96. The van der Waals surface area contributed by atoms with E-state index < -0.39 is 18.5 Å². The molecule has 29 heavy (non-hydrogen) atoms. The molecule has 2 amide bonds. The summed E-state index contributed by atoms with van der Waals surface area (Å²) >= 11 is 0. The van der Waals surface area contributed by atoms with Crippen LogP contribution in [0.15, 0.2) is 42.5 Å². The largest absolute Gasteiger partial charge is 0.456 e. The van der Waals surface area contributed by atoms with Crippen molar-refractivity contribution in [1.29, 1.82) is 0 Å². The standard InChI is InChI=1S/C22H24N2O5/c1-14-4-7-17(8-5-14)22(28)24-11-20(26)23-12-21(27)29-13-19(25)18-9-6-15(2)16(3)10-18/h4-10H,11-13H2,1-3H3,(H,23,26)(H,24,28). The van der Waals surface area contributed by atoms with Crippen LogP contribution in [-0.2, 0) is 14.3 Å². The van der Waals surface area contributed by atoms with E-state index in [1.54, 1.807) is 36.4 Å². The molecule has 2 rings (SSSR count). The first-order valence-electron chi connectivity index (χ1n) is 9.14. The van der Waals surface area contributed by atoms with Crippen LogP contribution in [0.1, 0.15) is 37.4 Å². The van der Waals surface area contributed by atoms with E-state index >= 15 is 0 Å². The fourth-order valence-electron chi connectivity index (χ4n) is 2.40. The van der Waals surface area contributed by atoms with Gasteiger partial charge in [0.25, 0.3) is 5.91 Å². The second-order valence-corrected chi connectivity index (χ2v) is 6.71. The van der Waals surface area contributed by atoms with Crippen LogP contribution in [0.25, 0.3) is 0 Å². The fourth-order valence-corrected chi connectivity index (χ4v) is 2.40. The van der Waals surface area contributed by atoms with Gasteiger partial charge in [-0.3, -0.25) is 19.2 Å². The van der Waals surface area contributed by atoms with Crippen molar-refractivity contribution < 1.29 is 23.9 Å². The second kappa shape index (κ2) is 10.2. The Balaban J connectivity index is 1.69. The number of carbonyl (C=O) groups excluding carboxylic acids is 4. The molecule has 0 aliphatic carbocycles. The summed E-state index contributed by atoms with van der Waals surface area (Å²) < 4.78 is 4.89. The molecule has 0 heterocycles. The molecular formula is C22H24N2O5. The number of amides is 2. The Kier molecular flexibility index (Phi) is 7.65. The minimum atomic E-state index is -0.736. The van der Waals surface area contributed by atoms with Gasteiger partial charge in [-0.2, -0.15) is 0 Å². The first-order valence-corrected chi connectivity index (χ1v) is 9.14. The third-order valence-electron chi connectivity index (χ3n) is 4.35. The van der Waals surface area contributed by atoms with Gasteiger partial charge in [0, 0.05) is 11.1 Å². The predicted octanol–water partition coefficient (Wildman–Crippen LogP) is 1.88. The first-order chi connectivity index (χ1) is 13.8. The Labute approximate surface area is 169 Å². The molecule has 0 radical (unpaired) electrons. The number of ketones is 1. The molecule has 152 valence electrons. The maximum atomic E-state index is 12.1. The Morgan fingerprint density at radius 2 is 1.45 bits per heavy atom. The molecule has 7 heteroatoms. The number of aryl methyl sites for hydroxylation is 3. The maximum Gasteiger partial charge on any atom is 0.325 e. The van der Waals surface area contributed by atoms with E-state index in [9.17, 15) is 19.2 Å². The number of ether oxygens (including phenoxy) is 1. The van der Waals surface area contributed by atoms with E-state index in [1.807, 2.05) is 26.8 Å². The quantitative estimate of drug-likeness (QED) is 0.524. The van der Waals surface area contributed by atoms with E-state index in [1.165, 1.54) is 0 Å². The van der Waals surface area contributed by atoms with E-state index in [4.69, 9.17) is 4.74 Å². The monoisotopic (exact) mass is 396 g/mol. The lowest BCUT2D eigenvalue weighted by molar-refractivity contribution is -0.142. The highest BCUT2D eigenvalue weighted by Gasteiger charge is 2.13. The van der Waals surface area contributed by atoms with Gasteiger partial charge in [0.2, 0.25) is 5.91 Å². The topological polar surface area (TPSA) is 102 Å². The molecule has 2 aromatic carbocycles. The SMILES string of the molecule is Cc1ccc(C(=O)NCC(=O)NCC(=O)OCC(=O)c2ccc(C)c(C)c2)cc1. The summed E-state index contributed by atoms with van der Waals surface area (Å²) in [5, 5.41) is 4.81. The van der Waals surface area contributed by atoms with Gasteiger partial charge in [-0.1, -0.05) is 29.8 Å². The summed E-state index contributed by atoms with van der Waals surface area (Å²) in [7, 11) is 0. The van der Waals surface area contributed by atoms with Gasteiger partial charge in [-0.25, -0.2) is 0 Å². The second-order valence-electron chi connectivity index (χ2n) is 6.71. The third-order valence-corrected chi connectivity index (χ3v) is 4.35. The van der Waals surface area contributed by atoms with Crippen molar-refractivity contribution in [2.45, 2.75) is 20.8 Å². The lowest BCUT2D eigenvalue weighted by atomic mass is 10.0. The van der Waals surface area contributed by atoms with Gasteiger partial charge in [0.05, 0.1) is 6.54 Å². The number of hydrogen-bond donors (Lipinski definition) is 2. The zero-order valence-electron chi connectivity index (χ0n) is 16.7. The van der Waals surface area contributed by atoms with Crippen LogP contribution in [-0.4, -0.2) is 43.3 Å². The average Bonchev–Trinajstić information content (AvgIpc) is 2.71. The van der Waals surface area contributed by atoms with Crippen molar-refractivity contribution in [1.82, 2.24) is 10.6 Å². The number of esters is 1. The Bertz CT molecular complexity index is 919. The maximum absolute atomic E-state index is 12.1. The number of nitrogens with one attached hydrogen (secondary N) is 2. The van der Waals surface area contributed by atoms with Crippen LogP contribution in [0, 0.1) is 20.8 Å². The summed E-state index contributed by atoms with van der Waals surface area (Å²) in [5.74, 6) is -1.98. The smallest absolute Gasteiger partial charge is 0.325 e. The molecule has 2 aromatic rings. The molecule has 0 atom stereocenters. The summed E-state index contributed by atoms with van der Waals surface area (Å²) in [4.78, 5) is 47.5. The first kappa shape index (κ1) is 21.8. The van der Waals surface area contributed by atoms with Gasteiger partial charge in [-0.15, -0.1) is 0 Å². The van der Waals surface area contributed by atoms with E-state index in [-0.39, 0.29) is 24.8 Å². The van der Waals surface area contributed by atoms with E-state index in [2.05, 4.69) is 10.6 Å². The van der Waals surface area contributed by atoms with Gasteiger partial charge in [0.15, 0.2) is 12.4 Å². The van der Waals surface area contributed by atoms with Gasteiger partial charge in [-0.05, 0) is 50.1 Å². The Morgan fingerprint density at radius 1 is 0.793 bits per heavy atom. The van der Waals surface area contributed by atoms with Crippen molar-refractivity contribution in [2.75, 3.05) is 19.7 Å². The van der Waals surface area contributed by atoms with Crippen molar-refractivity contribution in [3.05, 3.63) is 70.3 Å². The van der Waals surface area contributed by atoms with Crippen LogP contribution >= 0.6 is 0 Å². The van der Waals surface area contributed by atoms with Crippen LogP contribution in [0.3, 0.4) is 0 Å². The van der Waals surface area contributed by atoms with Crippen molar-refractivity contribution >= 4 is 23.6 Å². The zero-order valence-corrected chi connectivity index (χ0v) is 16.7. The lowest BCUT2D eigenvalue weighted by Gasteiger charge is -2.08. The molecule has 0 bridgehead atoms. The molecule has 0 aliphatic rings. The zero-order chi connectivity index (χ0) is 21.4.